The van der Waals surface area contributed by atoms with Crippen LogP contribution >= 0.6 is 0 Å². The number of hydrogen-bond acceptors (Lipinski definition) is 4. The Morgan fingerprint density at radius 3 is 2.50 bits per heavy atom. The van der Waals surface area contributed by atoms with Crippen LogP contribution in [0.4, 0.5) is 13.2 Å². The monoisotopic (exact) mass is 367 g/mol. The molecule has 0 aromatic heterocycles. The number of amides is 1. The number of hydrogen-bond donors (Lipinski definition) is 1. The molecule has 0 saturated carbocycles. The molecule has 1 aromatic carbocycles. The molecule has 1 unspecified atom stereocenters. The number of carbonyl (C=O) groups excluding carboxylic acids is 1. The highest BCUT2D eigenvalue weighted by Crippen LogP contribution is 2.18. The Labute approximate surface area is 139 Å². The molecular weight excluding hydrogens is 347 g/mol. The molecule has 5 nitrogen and oxygen atoms in total. The smallest absolute Gasteiger partial charge is 0.370 e. The van der Waals surface area contributed by atoms with Crippen molar-refractivity contribution < 1.29 is 31.1 Å². The van der Waals surface area contributed by atoms with Crippen molar-refractivity contribution in [2.45, 2.75) is 37.4 Å². The van der Waals surface area contributed by atoms with Crippen LogP contribution in [0, 0.1) is 0 Å². The highest BCUT2D eigenvalue weighted by Gasteiger charge is 2.28. The molecule has 1 rings (SSSR count). The zero-order valence-electron chi connectivity index (χ0n) is 13.4. The van der Waals surface area contributed by atoms with E-state index in [0.717, 1.165) is 0 Å². The van der Waals surface area contributed by atoms with E-state index < -0.39 is 34.6 Å². The first-order chi connectivity index (χ1) is 11.1. The fourth-order valence-electron chi connectivity index (χ4n) is 2.00. The lowest BCUT2D eigenvalue weighted by molar-refractivity contribution is -0.174. The molecule has 0 fully saturated rings. The van der Waals surface area contributed by atoms with Crippen molar-refractivity contribution in [3.8, 4) is 0 Å². The molecule has 136 valence electrons. The quantitative estimate of drug-likeness (QED) is 0.767. The van der Waals surface area contributed by atoms with Gasteiger partial charge in [-0.2, -0.15) is 13.2 Å². The summed E-state index contributed by atoms with van der Waals surface area (Å²) in [6.07, 6.45) is -4.04. The normalized spacial score (nSPS) is 13.5. The summed E-state index contributed by atoms with van der Waals surface area (Å²) in [5.41, 5.74) is -0.0337. The van der Waals surface area contributed by atoms with Crippen LogP contribution in [0.2, 0.25) is 0 Å². The molecule has 9 heteroatoms. The van der Waals surface area contributed by atoms with E-state index in [0.29, 0.717) is 6.42 Å². The third kappa shape index (κ3) is 6.48. The Kier molecular flexibility index (Phi) is 7.22. The number of benzene rings is 1. The van der Waals surface area contributed by atoms with Gasteiger partial charge in [0.25, 0.3) is 5.91 Å². The van der Waals surface area contributed by atoms with E-state index in [2.05, 4.69) is 10.1 Å². The van der Waals surface area contributed by atoms with Crippen LogP contribution < -0.4 is 5.32 Å². The number of halogens is 3. The summed E-state index contributed by atoms with van der Waals surface area (Å²) in [6.45, 7) is 1.43. The Bertz CT molecular complexity index is 659. The van der Waals surface area contributed by atoms with Crippen LogP contribution in [-0.4, -0.2) is 45.5 Å². The number of rotatable bonds is 8. The summed E-state index contributed by atoms with van der Waals surface area (Å²) in [7, 11) is -3.60. The Balaban J connectivity index is 2.79. The average Bonchev–Trinajstić information content (AvgIpc) is 2.45. The average molecular weight is 367 g/mol. The van der Waals surface area contributed by atoms with Crippen LogP contribution in [0.1, 0.15) is 30.6 Å². The molecule has 1 amide bonds. The molecule has 1 N–H and O–H groups in total. The van der Waals surface area contributed by atoms with Gasteiger partial charge >= 0.3 is 6.18 Å². The topological polar surface area (TPSA) is 72.5 Å². The van der Waals surface area contributed by atoms with Crippen molar-refractivity contribution in [2.75, 3.05) is 19.0 Å². The predicted molar refractivity (Wildman–Crippen MR) is 82.6 cm³/mol. The van der Waals surface area contributed by atoms with Crippen molar-refractivity contribution >= 4 is 15.7 Å². The van der Waals surface area contributed by atoms with Gasteiger partial charge < -0.3 is 10.1 Å². The second-order valence-corrected chi connectivity index (χ2v) is 7.40. The summed E-state index contributed by atoms with van der Waals surface area (Å²) in [5.74, 6) is -0.768. The van der Waals surface area contributed by atoms with E-state index in [1.807, 2.05) is 0 Å². The highest BCUT2D eigenvalue weighted by atomic mass is 32.2. The maximum atomic E-state index is 12.2. The zero-order valence-corrected chi connectivity index (χ0v) is 14.2. The Hall–Kier alpha value is -1.61. The highest BCUT2D eigenvalue weighted by molar-refractivity contribution is 7.91. The number of sulfone groups is 1. The molecule has 0 heterocycles. The van der Waals surface area contributed by atoms with E-state index in [-0.39, 0.29) is 22.8 Å². The van der Waals surface area contributed by atoms with E-state index >= 15 is 0 Å². The number of nitrogens with one attached hydrogen (secondary N) is 1. The molecule has 0 spiro atoms. The van der Waals surface area contributed by atoms with Gasteiger partial charge in [0.05, 0.1) is 22.8 Å². The second kappa shape index (κ2) is 8.48. The predicted octanol–water partition coefficient (Wildman–Crippen LogP) is 2.57. The van der Waals surface area contributed by atoms with Gasteiger partial charge in [0.15, 0.2) is 9.84 Å². The van der Waals surface area contributed by atoms with Crippen LogP contribution in [0.5, 0.6) is 0 Å². The first kappa shape index (κ1) is 20.4. The molecule has 0 bridgehead atoms. The molecule has 0 aliphatic rings. The Morgan fingerprint density at radius 1 is 1.29 bits per heavy atom. The number of carbonyl (C=O) groups is 1. The van der Waals surface area contributed by atoms with E-state index in [1.165, 1.54) is 31.2 Å². The van der Waals surface area contributed by atoms with E-state index in [1.54, 1.807) is 6.92 Å². The minimum atomic E-state index is -4.44. The molecule has 1 aromatic rings. The summed E-state index contributed by atoms with van der Waals surface area (Å²) >= 11 is 0. The molecule has 24 heavy (non-hydrogen) atoms. The van der Waals surface area contributed by atoms with Crippen LogP contribution in [0.25, 0.3) is 0 Å². The van der Waals surface area contributed by atoms with Gasteiger partial charge in [-0.05, 0) is 25.5 Å². The minimum Gasteiger partial charge on any atom is -0.370 e. The van der Waals surface area contributed by atoms with Gasteiger partial charge in [0, 0.05) is 6.04 Å². The maximum Gasteiger partial charge on any atom is 0.411 e. The maximum absolute atomic E-state index is 12.2. The van der Waals surface area contributed by atoms with Crippen LogP contribution in [-0.2, 0) is 14.6 Å². The second-order valence-electron chi connectivity index (χ2n) is 5.32. The fourth-order valence-corrected chi connectivity index (χ4v) is 3.54. The molecular formula is C15H20F3NO4S. The first-order valence-electron chi connectivity index (χ1n) is 7.34. The number of alkyl halides is 3. The van der Waals surface area contributed by atoms with Gasteiger partial charge in [-0.15, -0.1) is 0 Å². The first-order valence-corrected chi connectivity index (χ1v) is 8.99. The van der Waals surface area contributed by atoms with Gasteiger partial charge in [-0.25, -0.2) is 8.42 Å². The third-order valence-electron chi connectivity index (χ3n) is 2.95. The third-order valence-corrected chi connectivity index (χ3v) is 4.92. The fraction of sp³-hybridized carbons (Fsp3) is 0.533. The summed E-state index contributed by atoms with van der Waals surface area (Å²) in [5, 5.41) is 2.44. The lowest BCUT2D eigenvalue weighted by Crippen LogP contribution is -2.37. The van der Waals surface area contributed by atoms with Gasteiger partial charge in [-0.1, -0.05) is 19.1 Å². The molecule has 0 saturated heterocycles. The van der Waals surface area contributed by atoms with Gasteiger partial charge in [0.1, 0.15) is 6.61 Å². The van der Waals surface area contributed by atoms with Gasteiger partial charge in [0.2, 0.25) is 0 Å². The van der Waals surface area contributed by atoms with Crippen molar-refractivity contribution in [3.05, 3.63) is 29.8 Å². The van der Waals surface area contributed by atoms with Crippen molar-refractivity contribution in [3.63, 3.8) is 0 Å². The van der Waals surface area contributed by atoms with Crippen molar-refractivity contribution in [2.24, 2.45) is 0 Å². The van der Waals surface area contributed by atoms with Crippen LogP contribution in [0.3, 0.4) is 0 Å². The standard InChI is InChI=1S/C15H20F3NO4S/c1-3-8-24(21,22)13-7-5-4-6-12(13)14(20)19-11(2)9-23-10-15(16,17)18/h4-7,11H,3,8-10H2,1-2H3,(H,19,20). The molecule has 0 radical (unpaired) electrons. The summed E-state index contributed by atoms with van der Waals surface area (Å²) in [4.78, 5) is 12.1. The molecule has 0 aliphatic heterocycles. The lowest BCUT2D eigenvalue weighted by Gasteiger charge is -2.16. The number of ether oxygens (including phenoxy) is 1. The van der Waals surface area contributed by atoms with E-state index in [9.17, 15) is 26.4 Å². The largest absolute Gasteiger partial charge is 0.411 e. The lowest BCUT2D eigenvalue weighted by atomic mass is 10.2. The van der Waals surface area contributed by atoms with E-state index in [4.69, 9.17) is 0 Å². The van der Waals surface area contributed by atoms with Crippen LogP contribution in [0.15, 0.2) is 29.2 Å². The van der Waals surface area contributed by atoms with Gasteiger partial charge in [-0.3, -0.25) is 4.79 Å². The minimum absolute atomic E-state index is 0.0337. The zero-order chi connectivity index (χ0) is 18.4. The summed E-state index contributed by atoms with van der Waals surface area (Å²) < 4.78 is 64.9. The molecule has 0 aliphatic carbocycles. The molecule has 1 atom stereocenters. The van der Waals surface area contributed by atoms with Crippen molar-refractivity contribution in [1.82, 2.24) is 5.32 Å². The SMILES string of the molecule is CCCS(=O)(=O)c1ccccc1C(=O)NC(C)COCC(F)(F)F. The van der Waals surface area contributed by atoms with Crippen molar-refractivity contribution in [1.29, 1.82) is 0 Å². The summed E-state index contributed by atoms with van der Waals surface area (Å²) in [6, 6.07) is 5.02. The Morgan fingerprint density at radius 2 is 1.92 bits per heavy atom.